The Morgan fingerprint density at radius 1 is 0.528 bits per heavy atom. The van der Waals surface area contributed by atoms with Crippen molar-refractivity contribution in [2.45, 2.75) is 48.7 Å². The molecule has 6 heterocycles. The van der Waals surface area contributed by atoms with Crippen molar-refractivity contribution in [3.63, 3.8) is 0 Å². The molecule has 0 aliphatic heterocycles. The highest BCUT2D eigenvalue weighted by Crippen LogP contribution is 2.38. The van der Waals surface area contributed by atoms with Crippen molar-refractivity contribution in [3.8, 4) is 57.4 Å². The second kappa shape index (κ2) is 23.1. The van der Waals surface area contributed by atoms with E-state index in [2.05, 4.69) is 82.2 Å². The van der Waals surface area contributed by atoms with E-state index in [0.717, 1.165) is 33.7 Å². The molecule has 0 fully saturated rings. The van der Waals surface area contributed by atoms with E-state index in [-0.39, 0.29) is 36.1 Å². The first kappa shape index (κ1) is 52.9. The van der Waals surface area contributed by atoms with Gasteiger partial charge >= 0.3 is 0 Å². The van der Waals surface area contributed by atoms with Gasteiger partial charge in [-0.1, -0.05) is 44.0 Å². The lowest BCUT2D eigenvalue weighted by molar-refractivity contribution is 0.390. The first-order chi connectivity index (χ1) is 34.5. The van der Waals surface area contributed by atoms with E-state index in [1.165, 1.54) is 28.4 Å². The summed E-state index contributed by atoms with van der Waals surface area (Å²) >= 11 is 6.86. The summed E-state index contributed by atoms with van der Waals surface area (Å²) in [6, 6.07) is 17.4. The SMILES string of the molecule is COc1cccc(OC)c1-n1c(CS(=O)(=O)[C@@H](C)Cc2ncc(F)cn2)nnc1-c1cc(Br)ccn1.COc1cccc(OC)c1-n1c(CS(=O)(=O)[C@H](C)Cc2ncc(F)cn2)nnc1-c1cc(Br)ccn1. The fourth-order valence-electron chi connectivity index (χ4n) is 7.08. The second-order valence-corrected chi connectivity index (χ2v) is 22.2. The third-order valence-corrected chi connectivity index (χ3v) is 15.9. The lowest BCUT2D eigenvalue weighted by Gasteiger charge is -2.18. The molecule has 376 valence electrons. The van der Waals surface area contributed by atoms with Crippen LogP contribution in [0.5, 0.6) is 23.0 Å². The molecule has 8 aromatic rings. The van der Waals surface area contributed by atoms with Gasteiger partial charge in [-0.25, -0.2) is 45.6 Å². The molecule has 0 unspecified atom stereocenters. The molecule has 0 aliphatic carbocycles. The van der Waals surface area contributed by atoms with Gasteiger partial charge in [-0.15, -0.1) is 20.4 Å². The summed E-state index contributed by atoms with van der Waals surface area (Å²) in [7, 11) is -1.55. The first-order valence-corrected chi connectivity index (χ1v) is 26.4. The molecule has 20 nitrogen and oxygen atoms in total. The van der Waals surface area contributed by atoms with Gasteiger partial charge in [0.1, 0.15) is 68.9 Å². The zero-order valence-corrected chi connectivity index (χ0v) is 44.0. The predicted octanol–water partition coefficient (Wildman–Crippen LogP) is 7.17. The number of sulfone groups is 2. The number of benzene rings is 2. The molecular weight excluding hydrogens is 1110 g/mol. The van der Waals surface area contributed by atoms with Crippen molar-refractivity contribution in [1.82, 2.24) is 59.4 Å². The van der Waals surface area contributed by atoms with Gasteiger partial charge in [0.25, 0.3) is 0 Å². The van der Waals surface area contributed by atoms with Gasteiger partial charge in [-0.3, -0.25) is 19.1 Å². The van der Waals surface area contributed by atoms with Crippen LogP contribution < -0.4 is 18.9 Å². The van der Waals surface area contributed by atoms with Gasteiger partial charge in [-0.05, 0) is 62.4 Å². The van der Waals surface area contributed by atoms with Crippen molar-refractivity contribution in [1.29, 1.82) is 0 Å². The summed E-state index contributed by atoms with van der Waals surface area (Å²) in [4.78, 5) is 24.3. The van der Waals surface area contributed by atoms with Crippen LogP contribution in [0.4, 0.5) is 8.78 Å². The maximum atomic E-state index is 13.4. The Bertz CT molecular complexity index is 3140. The molecule has 2 atom stereocenters. The Morgan fingerprint density at radius 2 is 0.861 bits per heavy atom. The minimum Gasteiger partial charge on any atom is -0.494 e. The second-order valence-electron chi connectivity index (χ2n) is 15.6. The van der Waals surface area contributed by atoms with Crippen molar-refractivity contribution in [2.75, 3.05) is 28.4 Å². The molecule has 0 bridgehead atoms. The predicted molar refractivity (Wildman–Crippen MR) is 266 cm³/mol. The number of pyridine rings is 2. The zero-order valence-electron chi connectivity index (χ0n) is 39.2. The number of methoxy groups -OCH3 is 4. The summed E-state index contributed by atoms with van der Waals surface area (Å²) in [5.41, 5.74) is 1.79. The van der Waals surface area contributed by atoms with E-state index in [1.807, 2.05) is 0 Å². The minimum absolute atomic E-state index is 0.00870. The molecule has 6 aromatic heterocycles. The van der Waals surface area contributed by atoms with Crippen LogP contribution in [0.1, 0.15) is 37.1 Å². The van der Waals surface area contributed by atoms with E-state index in [1.54, 1.807) is 96.0 Å². The van der Waals surface area contributed by atoms with Gasteiger partial charge in [0.2, 0.25) is 0 Å². The van der Waals surface area contributed by atoms with Gasteiger partial charge in [-0.2, -0.15) is 0 Å². The number of nitrogens with zero attached hydrogens (tertiary/aromatic N) is 12. The highest BCUT2D eigenvalue weighted by atomic mass is 79.9. The average Bonchev–Trinajstić information content (AvgIpc) is 3.97. The van der Waals surface area contributed by atoms with Crippen molar-refractivity contribution < 1.29 is 44.6 Å². The lowest BCUT2D eigenvalue weighted by Crippen LogP contribution is -2.24. The van der Waals surface area contributed by atoms with Crippen LogP contribution >= 0.6 is 31.9 Å². The lowest BCUT2D eigenvalue weighted by atomic mass is 10.2. The van der Waals surface area contributed by atoms with Crippen LogP contribution in [0.15, 0.2) is 107 Å². The highest BCUT2D eigenvalue weighted by molar-refractivity contribution is 9.10. The molecule has 26 heteroatoms. The quantitative estimate of drug-likeness (QED) is 0.0826. The number of halogens is 4. The van der Waals surface area contributed by atoms with Gasteiger partial charge in [0.05, 0.1) is 63.7 Å². The third-order valence-electron chi connectivity index (χ3n) is 10.8. The fraction of sp³-hybridized carbons (Fsp3) is 0.261. The molecule has 0 N–H and O–H groups in total. The van der Waals surface area contributed by atoms with Crippen LogP contribution in [0.2, 0.25) is 0 Å². The van der Waals surface area contributed by atoms with Crippen LogP contribution in [0, 0.1) is 11.6 Å². The Morgan fingerprint density at radius 3 is 1.17 bits per heavy atom. The standard InChI is InChI=1S/2C23H22BrFN6O4S/c2*1-14(9-20-27-11-16(25)12-28-20)36(32,33)13-21-29-30-23(17-10-15(24)7-8-26-17)31(21)22-18(34-2)5-4-6-19(22)35-3/h2*4-8,10-12,14H,9,13H2,1-3H3/t2*14-/m10/s1. The largest absolute Gasteiger partial charge is 0.494 e. The summed E-state index contributed by atoms with van der Waals surface area (Å²) in [5.74, 6) is 0.958. The maximum Gasteiger partial charge on any atom is 0.187 e. The van der Waals surface area contributed by atoms with E-state index in [4.69, 9.17) is 18.9 Å². The Kier molecular flexibility index (Phi) is 17.0. The Hall–Kier alpha value is -6.90. The highest BCUT2D eigenvalue weighted by Gasteiger charge is 2.32. The summed E-state index contributed by atoms with van der Waals surface area (Å²) in [6.07, 6.45) is 7.22. The van der Waals surface area contributed by atoms with Crippen LogP contribution in [-0.4, -0.2) is 115 Å². The molecule has 0 saturated heterocycles. The van der Waals surface area contributed by atoms with E-state index >= 15 is 0 Å². The van der Waals surface area contributed by atoms with Crippen molar-refractivity contribution >= 4 is 51.5 Å². The molecule has 0 radical (unpaired) electrons. The number of hydrogen-bond donors (Lipinski definition) is 0. The number of para-hydroxylation sites is 2. The summed E-state index contributed by atoms with van der Waals surface area (Å²) in [5, 5.41) is 15.3. The monoisotopic (exact) mass is 1150 g/mol. The fourth-order valence-corrected chi connectivity index (χ4v) is 10.2. The smallest absolute Gasteiger partial charge is 0.187 e. The molecule has 2 aromatic carbocycles. The van der Waals surface area contributed by atoms with Crippen molar-refractivity contribution in [3.05, 3.63) is 142 Å². The Balaban J connectivity index is 0.000000211. The molecule has 0 aliphatic rings. The third kappa shape index (κ3) is 12.2. The van der Waals surface area contributed by atoms with Crippen LogP contribution in [0.3, 0.4) is 0 Å². The number of ether oxygens (including phenoxy) is 4. The minimum atomic E-state index is -3.78. The molecule has 72 heavy (non-hydrogen) atoms. The Labute approximate surface area is 429 Å². The normalized spacial score (nSPS) is 12.4. The molecule has 0 amide bonds. The van der Waals surface area contributed by atoms with Gasteiger partial charge < -0.3 is 18.9 Å². The van der Waals surface area contributed by atoms with Crippen LogP contribution in [0.25, 0.3) is 34.4 Å². The van der Waals surface area contributed by atoms with E-state index < -0.39 is 53.3 Å². The number of aromatic nitrogens is 12. The maximum absolute atomic E-state index is 13.4. The topological polar surface area (TPSA) is 244 Å². The number of hydrogen-bond acceptors (Lipinski definition) is 18. The van der Waals surface area contributed by atoms with Crippen molar-refractivity contribution in [2.24, 2.45) is 0 Å². The molecular formula is C46H44Br2F2N12O8S2. The molecule has 0 spiro atoms. The van der Waals surface area contributed by atoms with Crippen LogP contribution in [-0.2, 0) is 44.0 Å². The van der Waals surface area contributed by atoms with E-state index in [0.29, 0.717) is 57.4 Å². The molecule has 8 rings (SSSR count). The first-order valence-electron chi connectivity index (χ1n) is 21.4. The zero-order chi connectivity index (χ0) is 51.7. The average molecular weight is 1150 g/mol. The van der Waals surface area contributed by atoms with Gasteiger partial charge in [0, 0.05) is 34.2 Å². The summed E-state index contributed by atoms with van der Waals surface area (Å²) in [6.45, 7) is 3.09. The number of rotatable bonds is 18. The molecule has 0 saturated carbocycles. The van der Waals surface area contributed by atoms with E-state index in [9.17, 15) is 25.6 Å². The summed E-state index contributed by atoms with van der Waals surface area (Å²) < 4.78 is 107. The van der Waals surface area contributed by atoms with Gasteiger partial charge in [0.15, 0.2) is 54.6 Å².